The molecule has 0 aliphatic carbocycles. The Bertz CT molecular complexity index is 408. The van der Waals surface area contributed by atoms with E-state index in [0.717, 1.165) is 10.8 Å². The Balaban J connectivity index is 1.96. The SMILES string of the molecule is Clc1ccc(SCc2ccccc2)cc1. The van der Waals surface area contributed by atoms with Crippen LogP contribution >= 0.6 is 23.4 Å². The van der Waals surface area contributed by atoms with Crippen LogP contribution in [0.3, 0.4) is 0 Å². The first-order valence-electron chi connectivity index (χ1n) is 4.77. The van der Waals surface area contributed by atoms with E-state index in [1.165, 1.54) is 10.5 Å². The van der Waals surface area contributed by atoms with Crippen LogP contribution in [0.5, 0.6) is 0 Å². The third kappa shape index (κ3) is 3.29. The molecule has 0 aromatic heterocycles. The van der Waals surface area contributed by atoms with Crippen LogP contribution in [0.15, 0.2) is 59.5 Å². The largest absolute Gasteiger partial charge is 0.121 e. The Morgan fingerprint density at radius 2 is 1.53 bits per heavy atom. The molecule has 2 aromatic rings. The van der Waals surface area contributed by atoms with Crippen molar-refractivity contribution in [2.75, 3.05) is 0 Å². The lowest BCUT2D eigenvalue weighted by Gasteiger charge is -2.01. The van der Waals surface area contributed by atoms with Gasteiger partial charge >= 0.3 is 0 Å². The lowest BCUT2D eigenvalue weighted by molar-refractivity contribution is 1.38. The van der Waals surface area contributed by atoms with Crippen LogP contribution in [0, 0.1) is 0 Å². The molecule has 0 fully saturated rings. The highest BCUT2D eigenvalue weighted by molar-refractivity contribution is 7.98. The van der Waals surface area contributed by atoms with Gasteiger partial charge in [-0.3, -0.25) is 0 Å². The Hall–Kier alpha value is -0.920. The molecule has 0 spiro atoms. The molecule has 2 aromatic carbocycles. The zero-order valence-electron chi connectivity index (χ0n) is 8.19. The molecule has 0 amide bonds. The second-order valence-corrected chi connectivity index (χ2v) is 4.71. The molecule has 0 aliphatic heterocycles. The highest BCUT2D eigenvalue weighted by atomic mass is 35.5. The maximum Gasteiger partial charge on any atom is 0.0406 e. The van der Waals surface area contributed by atoms with Gasteiger partial charge in [0.25, 0.3) is 0 Å². The van der Waals surface area contributed by atoms with Crippen LogP contribution in [0.25, 0.3) is 0 Å². The van der Waals surface area contributed by atoms with Crippen molar-refractivity contribution < 1.29 is 0 Å². The van der Waals surface area contributed by atoms with E-state index in [0.29, 0.717) is 0 Å². The molecular weight excluding hydrogens is 224 g/mol. The summed E-state index contributed by atoms with van der Waals surface area (Å²) in [4.78, 5) is 1.25. The van der Waals surface area contributed by atoms with Crippen molar-refractivity contribution in [1.29, 1.82) is 0 Å². The van der Waals surface area contributed by atoms with E-state index in [2.05, 4.69) is 36.4 Å². The summed E-state index contributed by atoms with van der Waals surface area (Å²) < 4.78 is 0. The van der Waals surface area contributed by atoms with Crippen molar-refractivity contribution in [3.8, 4) is 0 Å². The average Bonchev–Trinajstić information content (AvgIpc) is 2.30. The minimum Gasteiger partial charge on any atom is -0.121 e. The molecule has 15 heavy (non-hydrogen) atoms. The van der Waals surface area contributed by atoms with E-state index in [4.69, 9.17) is 11.6 Å². The zero-order valence-corrected chi connectivity index (χ0v) is 9.76. The van der Waals surface area contributed by atoms with Gasteiger partial charge in [0.15, 0.2) is 0 Å². The van der Waals surface area contributed by atoms with Crippen LogP contribution in [-0.2, 0) is 5.75 Å². The molecule has 0 radical (unpaired) electrons. The summed E-state index contributed by atoms with van der Waals surface area (Å²) in [6.07, 6.45) is 0. The summed E-state index contributed by atoms with van der Waals surface area (Å²) in [5.74, 6) is 1.00. The van der Waals surface area contributed by atoms with Crippen molar-refractivity contribution in [2.45, 2.75) is 10.6 Å². The molecule has 0 saturated heterocycles. The maximum atomic E-state index is 5.82. The Labute approximate surface area is 99.3 Å². The predicted octanol–water partition coefficient (Wildman–Crippen LogP) is 4.63. The van der Waals surface area contributed by atoms with Gasteiger partial charge < -0.3 is 0 Å². The number of benzene rings is 2. The summed E-state index contributed by atoms with van der Waals surface area (Å²) in [5, 5.41) is 0.791. The first-order chi connectivity index (χ1) is 7.34. The minimum atomic E-state index is 0.791. The lowest BCUT2D eigenvalue weighted by atomic mass is 10.2. The van der Waals surface area contributed by atoms with Gasteiger partial charge in [0.05, 0.1) is 0 Å². The summed E-state index contributed by atoms with van der Waals surface area (Å²) in [5.41, 5.74) is 1.34. The van der Waals surface area contributed by atoms with Crippen LogP contribution < -0.4 is 0 Å². The molecule has 2 rings (SSSR count). The molecule has 0 atom stereocenters. The fourth-order valence-electron chi connectivity index (χ4n) is 1.27. The van der Waals surface area contributed by atoms with Gasteiger partial charge in [0.2, 0.25) is 0 Å². The van der Waals surface area contributed by atoms with Crippen LogP contribution in [0.1, 0.15) is 5.56 Å². The Morgan fingerprint density at radius 3 is 2.20 bits per heavy atom. The van der Waals surface area contributed by atoms with Crippen LogP contribution in [-0.4, -0.2) is 0 Å². The molecule has 76 valence electrons. The van der Waals surface area contributed by atoms with Crippen molar-refractivity contribution in [1.82, 2.24) is 0 Å². The quantitative estimate of drug-likeness (QED) is 0.698. The summed E-state index contributed by atoms with van der Waals surface area (Å²) in [7, 11) is 0. The van der Waals surface area contributed by atoms with E-state index < -0.39 is 0 Å². The van der Waals surface area contributed by atoms with E-state index in [1.54, 1.807) is 0 Å². The molecule has 0 N–H and O–H groups in total. The van der Waals surface area contributed by atoms with Gasteiger partial charge in [0, 0.05) is 15.7 Å². The average molecular weight is 235 g/mol. The third-order valence-corrected chi connectivity index (χ3v) is 3.40. The van der Waals surface area contributed by atoms with Gasteiger partial charge in [-0.2, -0.15) is 0 Å². The number of halogens is 1. The van der Waals surface area contributed by atoms with E-state index >= 15 is 0 Å². The second kappa shape index (κ2) is 5.24. The summed E-state index contributed by atoms with van der Waals surface area (Å²) in [6, 6.07) is 18.4. The van der Waals surface area contributed by atoms with Gasteiger partial charge in [-0.1, -0.05) is 41.9 Å². The summed E-state index contributed by atoms with van der Waals surface area (Å²) in [6.45, 7) is 0. The lowest BCUT2D eigenvalue weighted by Crippen LogP contribution is -1.78. The fraction of sp³-hybridized carbons (Fsp3) is 0.0769. The highest BCUT2D eigenvalue weighted by Crippen LogP contribution is 2.23. The Kier molecular flexibility index (Phi) is 3.70. The molecule has 0 saturated carbocycles. The summed E-state index contributed by atoms with van der Waals surface area (Å²) >= 11 is 7.64. The van der Waals surface area contributed by atoms with Crippen molar-refractivity contribution in [3.05, 3.63) is 65.2 Å². The molecule has 0 heterocycles. The third-order valence-electron chi connectivity index (χ3n) is 2.06. The molecule has 0 bridgehead atoms. The molecule has 2 heteroatoms. The number of rotatable bonds is 3. The van der Waals surface area contributed by atoms with E-state index in [1.807, 2.05) is 30.0 Å². The topological polar surface area (TPSA) is 0 Å². The van der Waals surface area contributed by atoms with E-state index in [-0.39, 0.29) is 0 Å². The zero-order chi connectivity index (χ0) is 10.5. The maximum absolute atomic E-state index is 5.82. The number of hydrogen-bond acceptors (Lipinski definition) is 1. The highest BCUT2D eigenvalue weighted by Gasteiger charge is 1.95. The monoisotopic (exact) mass is 234 g/mol. The number of hydrogen-bond donors (Lipinski definition) is 0. The van der Waals surface area contributed by atoms with E-state index in [9.17, 15) is 0 Å². The van der Waals surface area contributed by atoms with Crippen molar-refractivity contribution >= 4 is 23.4 Å². The second-order valence-electron chi connectivity index (χ2n) is 3.23. The fourth-order valence-corrected chi connectivity index (χ4v) is 2.25. The Morgan fingerprint density at radius 1 is 0.867 bits per heavy atom. The normalized spacial score (nSPS) is 10.2. The van der Waals surface area contributed by atoms with Gasteiger partial charge in [0.1, 0.15) is 0 Å². The molecule has 0 unspecified atom stereocenters. The van der Waals surface area contributed by atoms with Crippen molar-refractivity contribution in [2.24, 2.45) is 0 Å². The number of thioether (sulfide) groups is 1. The smallest absolute Gasteiger partial charge is 0.0406 e. The van der Waals surface area contributed by atoms with Gasteiger partial charge in [-0.25, -0.2) is 0 Å². The van der Waals surface area contributed by atoms with Crippen LogP contribution in [0.2, 0.25) is 5.02 Å². The molecule has 0 aliphatic rings. The van der Waals surface area contributed by atoms with Gasteiger partial charge in [-0.15, -0.1) is 11.8 Å². The van der Waals surface area contributed by atoms with Gasteiger partial charge in [-0.05, 0) is 29.8 Å². The molecule has 0 nitrogen and oxygen atoms in total. The molecular formula is C13H11ClS. The van der Waals surface area contributed by atoms with Crippen molar-refractivity contribution in [3.63, 3.8) is 0 Å². The minimum absolute atomic E-state index is 0.791. The first-order valence-corrected chi connectivity index (χ1v) is 6.13. The standard InChI is InChI=1S/C13H11ClS/c14-12-6-8-13(9-7-12)15-10-11-4-2-1-3-5-11/h1-9H,10H2. The van der Waals surface area contributed by atoms with Crippen LogP contribution in [0.4, 0.5) is 0 Å². The predicted molar refractivity (Wildman–Crippen MR) is 67.5 cm³/mol. The first kappa shape index (κ1) is 10.6.